The molecular weight excluding hydrogens is 494 g/mol. The molecule has 1 amide bonds. The number of hydrogen-bond acceptors (Lipinski definition) is 6. The summed E-state index contributed by atoms with van der Waals surface area (Å²) in [6.07, 6.45) is 4.28. The molecule has 1 aliphatic heterocycles. The van der Waals surface area contributed by atoms with Gasteiger partial charge < -0.3 is 30.5 Å². The Labute approximate surface area is 227 Å². The van der Waals surface area contributed by atoms with Crippen LogP contribution in [0.5, 0.6) is 5.75 Å². The third kappa shape index (κ3) is 4.18. The van der Waals surface area contributed by atoms with Crippen LogP contribution in [0.3, 0.4) is 0 Å². The molecule has 8 heteroatoms. The molecule has 2 heterocycles. The minimum atomic E-state index is -1.06. The lowest BCUT2D eigenvalue weighted by Gasteiger charge is -2.63. The first-order valence-electron chi connectivity index (χ1n) is 13.7. The zero-order valence-corrected chi connectivity index (χ0v) is 22.1. The van der Waals surface area contributed by atoms with Gasteiger partial charge in [0.15, 0.2) is 0 Å². The lowest BCUT2D eigenvalue weighted by molar-refractivity contribution is -0.177. The Bertz CT molecular complexity index is 1470. The SMILES string of the molecule is CN1CC[C@]23CC(O)CC[C@@]2(O)[C@H]1Cc1ccc(C(=O)NCCc2ccc(-c4cc[nH]c(=O)c4)cc2)c(O)c13. The number of pyridine rings is 1. The molecular formula is C31H35N3O5. The maximum Gasteiger partial charge on any atom is 0.255 e. The van der Waals surface area contributed by atoms with Crippen molar-refractivity contribution >= 4 is 5.91 Å². The molecule has 39 heavy (non-hydrogen) atoms. The molecule has 1 aromatic heterocycles. The molecule has 0 radical (unpaired) electrons. The van der Waals surface area contributed by atoms with Crippen molar-refractivity contribution in [2.24, 2.45) is 0 Å². The van der Waals surface area contributed by atoms with E-state index in [2.05, 4.69) is 15.2 Å². The molecule has 2 fully saturated rings. The Hall–Kier alpha value is -3.46. The molecule has 3 aliphatic rings. The van der Waals surface area contributed by atoms with Crippen molar-refractivity contribution in [2.45, 2.75) is 61.7 Å². The number of H-pyrrole nitrogens is 1. The number of amides is 1. The monoisotopic (exact) mass is 529 g/mol. The molecule has 2 aliphatic carbocycles. The minimum Gasteiger partial charge on any atom is -0.507 e. The highest BCUT2D eigenvalue weighted by Crippen LogP contribution is 2.60. The Balaban J connectivity index is 1.20. The van der Waals surface area contributed by atoms with Crippen LogP contribution in [0.15, 0.2) is 59.5 Å². The van der Waals surface area contributed by atoms with Gasteiger partial charge in [-0.05, 0) is 86.5 Å². The maximum absolute atomic E-state index is 13.2. The summed E-state index contributed by atoms with van der Waals surface area (Å²) in [7, 11) is 2.03. The smallest absolute Gasteiger partial charge is 0.255 e. The molecule has 1 unspecified atom stereocenters. The fraction of sp³-hybridized carbons (Fsp3) is 0.419. The number of phenols is 1. The van der Waals surface area contributed by atoms with Gasteiger partial charge in [-0.3, -0.25) is 9.59 Å². The number of piperidine rings is 1. The molecule has 1 saturated heterocycles. The standard InChI is InChI=1S/C31H35N3O5/c1-34-15-12-30-18-23(35)8-11-31(30,39)25(34)16-22-6-7-24(28(37)27(22)30)29(38)33-13-9-19-2-4-20(5-3-19)21-10-14-32-26(36)17-21/h2-7,10,14,17,23,25,35,37,39H,8-9,11-13,15-16,18H2,1H3,(H,32,36)(H,33,38)/t23?,25-,30-,31-/m1/s1. The van der Waals surface area contributed by atoms with Gasteiger partial charge in [-0.25, -0.2) is 0 Å². The number of aromatic amines is 1. The summed E-state index contributed by atoms with van der Waals surface area (Å²) in [6, 6.07) is 14.8. The molecule has 1 saturated carbocycles. The number of benzene rings is 2. The first-order valence-corrected chi connectivity index (χ1v) is 13.7. The number of likely N-dealkylation sites (tertiary alicyclic amines) is 1. The maximum atomic E-state index is 13.2. The molecule has 0 spiro atoms. The number of likely N-dealkylation sites (N-methyl/N-ethyl adjacent to an activating group) is 1. The predicted octanol–water partition coefficient (Wildman–Crippen LogP) is 2.49. The number of nitrogens with zero attached hydrogens (tertiary/aromatic N) is 1. The Morgan fingerprint density at radius 2 is 1.92 bits per heavy atom. The number of aliphatic hydroxyl groups is 2. The lowest BCUT2D eigenvalue weighted by atomic mass is 9.49. The van der Waals surface area contributed by atoms with E-state index in [0.29, 0.717) is 50.6 Å². The predicted molar refractivity (Wildman–Crippen MR) is 148 cm³/mol. The summed E-state index contributed by atoms with van der Waals surface area (Å²) in [6.45, 7) is 1.15. The summed E-state index contributed by atoms with van der Waals surface area (Å²) >= 11 is 0. The van der Waals surface area contributed by atoms with Gasteiger partial charge in [0.05, 0.1) is 17.3 Å². The van der Waals surface area contributed by atoms with Gasteiger partial charge >= 0.3 is 0 Å². The molecule has 2 aromatic carbocycles. The van der Waals surface area contributed by atoms with Crippen LogP contribution >= 0.6 is 0 Å². The summed E-state index contributed by atoms with van der Waals surface area (Å²) in [5, 5.41) is 37.1. The summed E-state index contributed by atoms with van der Waals surface area (Å²) in [5.74, 6) is -0.426. The second-order valence-corrected chi connectivity index (χ2v) is 11.5. The number of aromatic nitrogens is 1. The number of hydrogen-bond donors (Lipinski definition) is 5. The van der Waals surface area contributed by atoms with E-state index < -0.39 is 17.1 Å². The van der Waals surface area contributed by atoms with E-state index in [-0.39, 0.29) is 28.8 Å². The topological polar surface area (TPSA) is 126 Å². The molecule has 8 nitrogen and oxygen atoms in total. The highest BCUT2D eigenvalue weighted by atomic mass is 16.3. The Kier molecular flexibility index (Phi) is 6.37. The van der Waals surface area contributed by atoms with Crippen molar-refractivity contribution in [2.75, 3.05) is 20.1 Å². The number of carbonyl (C=O) groups excluding carboxylic acids is 1. The number of rotatable bonds is 5. The van der Waals surface area contributed by atoms with Gasteiger partial charge in [-0.2, -0.15) is 0 Å². The average molecular weight is 530 g/mol. The second kappa shape index (κ2) is 9.62. The van der Waals surface area contributed by atoms with E-state index in [1.807, 2.05) is 43.4 Å². The zero-order valence-electron chi connectivity index (χ0n) is 22.1. The molecule has 204 valence electrons. The van der Waals surface area contributed by atoms with Crippen molar-refractivity contribution in [1.82, 2.24) is 15.2 Å². The molecule has 5 N–H and O–H groups in total. The number of nitrogens with one attached hydrogen (secondary N) is 2. The van der Waals surface area contributed by atoms with Crippen molar-refractivity contribution in [1.29, 1.82) is 0 Å². The number of aliphatic hydroxyl groups excluding tert-OH is 1. The summed E-state index contributed by atoms with van der Waals surface area (Å²) in [4.78, 5) is 29.6. The molecule has 3 aromatic rings. The van der Waals surface area contributed by atoms with Gasteiger partial charge in [0.2, 0.25) is 5.56 Å². The van der Waals surface area contributed by atoms with Crippen LogP contribution in [-0.2, 0) is 18.3 Å². The van der Waals surface area contributed by atoms with Crippen molar-refractivity contribution < 1.29 is 20.1 Å². The first kappa shape index (κ1) is 25.8. The fourth-order valence-corrected chi connectivity index (χ4v) is 7.40. The van der Waals surface area contributed by atoms with Crippen LogP contribution in [0.4, 0.5) is 0 Å². The van der Waals surface area contributed by atoms with Crippen LogP contribution < -0.4 is 10.9 Å². The Morgan fingerprint density at radius 3 is 2.69 bits per heavy atom. The van der Waals surface area contributed by atoms with E-state index in [1.54, 1.807) is 18.3 Å². The zero-order chi connectivity index (χ0) is 27.4. The third-order valence-corrected chi connectivity index (χ3v) is 9.41. The van der Waals surface area contributed by atoms with Crippen LogP contribution in [0.25, 0.3) is 11.1 Å². The quantitative estimate of drug-likeness (QED) is 0.346. The third-order valence-electron chi connectivity index (χ3n) is 9.41. The van der Waals surface area contributed by atoms with Crippen LogP contribution in [0.1, 0.15) is 52.7 Å². The number of phenolic OH excluding ortho intramolecular Hbond substituents is 1. The highest BCUT2D eigenvalue weighted by Gasteiger charge is 2.65. The molecule has 2 bridgehead atoms. The summed E-state index contributed by atoms with van der Waals surface area (Å²) in [5.41, 5.74) is 2.63. The number of fused-ring (bicyclic) bond motifs is 1. The fourth-order valence-electron chi connectivity index (χ4n) is 7.40. The van der Waals surface area contributed by atoms with E-state index in [0.717, 1.165) is 28.8 Å². The van der Waals surface area contributed by atoms with Gasteiger partial charge in [0.1, 0.15) is 5.75 Å². The van der Waals surface area contributed by atoms with Crippen LogP contribution in [0.2, 0.25) is 0 Å². The largest absolute Gasteiger partial charge is 0.507 e. The van der Waals surface area contributed by atoms with Crippen molar-refractivity contribution in [3.63, 3.8) is 0 Å². The van der Waals surface area contributed by atoms with E-state index in [1.165, 1.54) is 0 Å². The Morgan fingerprint density at radius 1 is 1.13 bits per heavy atom. The first-order chi connectivity index (χ1) is 18.7. The molecule has 6 rings (SSSR count). The van der Waals surface area contributed by atoms with Gasteiger partial charge in [-0.15, -0.1) is 0 Å². The van der Waals surface area contributed by atoms with Gasteiger partial charge in [-0.1, -0.05) is 30.3 Å². The van der Waals surface area contributed by atoms with E-state index in [4.69, 9.17) is 0 Å². The van der Waals surface area contributed by atoms with E-state index in [9.17, 15) is 24.9 Å². The summed E-state index contributed by atoms with van der Waals surface area (Å²) < 4.78 is 0. The minimum absolute atomic E-state index is 0.0669. The number of aromatic hydroxyl groups is 1. The van der Waals surface area contributed by atoms with Crippen LogP contribution in [-0.4, -0.2) is 69.0 Å². The van der Waals surface area contributed by atoms with Gasteiger partial charge in [0, 0.05) is 35.8 Å². The highest BCUT2D eigenvalue weighted by molar-refractivity contribution is 5.97. The van der Waals surface area contributed by atoms with E-state index >= 15 is 0 Å². The van der Waals surface area contributed by atoms with Crippen molar-refractivity contribution in [3.05, 3.63) is 87.3 Å². The normalized spacial score (nSPS) is 27.9. The number of carbonyl (C=O) groups is 1. The molecule has 4 atom stereocenters. The second-order valence-electron chi connectivity index (χ2n) is 11.5. The van der Waals surface area contributed by atoms with Crippen LogP contribution in [0, 0.1) is 0 Å². The lowest BCUT2D eigenvalue weighted by Crippen LogP contribution is -2.72. The van der Waals surface area contributed by atoms with Crippen molar-refractivity contribution in [3.8, 4) is 16.9 Å². The average Bonchev–Trinajstić information content (AvgIpc) is 2.91. The van der Waals surface area contributed by atoms with Gasteiger partial charge in [0.25, 0.3) is 5.91 Å².